The summed E-state index contributed by atoms with van der Waals surface area (Å²) in [6.45, 7) is 0.911. The van der Waals surface area contributed by atoms with Crippen LogP contribution in [0.4, 0.5) is 5.69 Å². The van der Waals surface area contributed by atoms with E-state index in [1.54, 1.807) is 10.9 Å². The lowest BCUT2D eigenvalue weighted by atomic mass is 10.0. The maximum absolute atomic E-state index is 12.2. The van der Waals surface area contributed by atoms with Crippen molar-refractivity contribution in [1.29, 1.82) is 0 Å². The molecule has 2 heterocycles. The maximum atomic E-state index is 12.2. The molecule has 1 aromatic heterocycles. The quantitative estimate of drug-likeness (QED) is 0.565. The maximum Gasteiger partial charge on any atom is 0.224 e. The summed E-state index contributed by atoms with van der Waals surface area (Å²) in [5.74, 6) is 0.801. The number of amides is 2. The molecule has 3 aromatic rings. The van der Waals surface area contributed by atoms with E-state index in [0.29, 0.717) is 32.4 Å². The molecule has 0 spiro atoms. The number of para-hydroxylation sites is 1. The highest BCUT2D eigenvalue weighted by Crippen LogP contribution is 2.26. The van der Waals surface area contributed by atoms with Crippen molar-refractivity contribution in [2.75, 3.05) is 11.9 Å². The van der Waals surface area contributed by atoms with Crippen LogP contribution in [0.2, 0.25) is 0 Å². The van der Waals surface area contributed by atoms with E-state index in [4.69, 9.17) is 4.74 Å². The summed E-state index contributed by atoms with van der Waals surface area (Å²) in [4.78, 5) is 23.6. The normalized spacial score (nSPS) is 12.7. The number of fused-ring (bicyclic) bond motifs is 1. The molecule has 0 atom stereocenters. The van der Waals surface area contributed by atoms with Gasteiger partial charge < -0.3 is 15.4 Å². The van der Waals surface area contributed by atoms with Crippen LogP contribution in [0.5, 0.6) is 5.75 Å². The molecule has 2 N–H and O–H groups in total. The van der Waals surface area contributed by atoms with Gasteiger partial charge in [0.05, 0.1) is 12.3 Å². The fraction of sp³-hybridized carbons (Fsp3) is 0.261. The molecular formula is C23H24N4O3. The van der Waals surface area contributed by atoms with Crippen molar-refractivity contribution in [1.82, 2.24) is 15.1 Å². The van der Waals surface area contributed by atoms with Gasteiger partial charge in [0.2, 0.25) is 11.8 Å². The Labute approximate surface area is 175 Å². The molecule has 30 heavy (non-hydrogen) atoms. The number of hydrogen-bond donors (Lipinski definition) is 2. The van der Waals surface area contributed by atoms with Crippen LogP contribution in [0.15, 0.2) is 60.9 Å². The number of ether oxygens (including phenoxy) is 1. The number of aryl methyl sites for hydroxylation is 1. The number of rotatable bonds is 8. The second-order valence-corrected chi connectivity index (χ2v) is 7.18. The Morgan fingerprint density at radius 1 is 1.17 bits per heavy atom. The smallest absolute Gasteiger partial charge is 0.224 e. The predicted molar refractivity (Wildman–Crippen MR) is 114 cm³/mol. The van der Waals surface area contributed by atoms with Gasteiger partial charge in [-0.2, -0.15) is 5.10 Å². The number of aromatic nitrogens is 2. The molecule has 2 amide bonds. The van der Waals surface area contributed by atoms with Crippen LogP contribution in [0.3, 0.4) is 0 Å². The Balaban J connectivity index is 1.21. The van der Waals surface area contributed by atoms with Crippen molar-refractivity contribution in [3.63, 3.8) is 0 Å². The first-order chi connectivity index (χ1) is 14.7. The predicted octanol–water partition coefficient (Wildman–Crippen LogP) is 3.23. The average molecular weight is 404 g/mol. The molecule has 2 aromatic carbocycles. The summed E-state index contributed by atoms with van der Waals surface area (Å²) in [7, 11) is 0. The Kier molecular flexibility index (Phi) is 6.08. The summed E-state index contributed by atoms with van der Waals surface area (Å²) in [6.07, 6.45) is 5.85. The van der Waals surface area contributed by atoms with E-state index < -0.39 is 0 Å². The molecule has 0 aliphatic carbocycles. The molecule has 4 rings (SSSR count). The van der Waals surface area contributed by atoms with Crippen LogP contribution < -0.4 is 15.4 Å². The first kappa shape index (κ1) is 19.7. The molecule has 0 fully saturated rings. The molecule has 1 aliphatic rings. The fourth-order valence-corrected chi connectivity index (χ4v) is 3.45. The summed E-state index contributed by atoms with van der Waals surface area (Å²) in [5, 5.41) is 10.1. The lowest BCUT2D eigenvalue weighted by Gasteiger charge is -2.17. The van der Waals surface area contributed by atoms with Crippen molar-refractivity contribution < 1.29 is 14.3 Å². The number of anilines is 1. The highest BCUT2D eigenvalue weighted by atomic mass is 16.5. The molecule has 7 heteroatoms. The third kappa shape index (κ3) is 4.86. The van der Waals surface area contributed by atoms with E-state index in [2.05, 4.69) is 15.7 Å². The van der Waals surface area contributed by atoms with Gasteiger partial charge in [0.25, 0.3) is 0 Å². The minimum atomic E-state index is -0.0120. The number of hydrogen-bond acceptors (Lipinski definition) is 4. The van der Waals surface area contributed by atoms with E-state index >= 15 is 0 Å². The molecule has 0 radical (unpaired) electrons. The van der Waals surface area contributed by atoms with Gasteiger partial charge in [0.15, 0.2) is 0 Å². The average Bonchev–Trinajstić information content (AvgIpc) is 3.30. The highest BCUT2D eigenvalue weighted by molar-refractivity contribution is 5.94. The molecule has 0 saturated heterocycles. The van der Waals surface area contributed by atoms with Gasteiger partial charge in [-0.1, -0.05) is 18.2 Å². The second kappa shape index (κ2) is 9.26. The first-order valence-electron chi connectivity index (χ1n) is 10.1. The molecule has 1 aliphatic heterocycles. The summed E-state index contributed by atoms with van der Waals surface area (Å²) >= 11 is 0. The Morgan fingerprint density at radius 3 is 2.93 bits per heavy atom. The van der Waals surface area contributed by atoms with Crippen molar-refractivity contribution in [2.24, 2.45) is 0 Å². The molecule has 0 saturated carbocycles. The van der Waals surface area contributed by atoms with Crippen molar-refractivity contribution in [3.8, 4) is 11.4 Å². The van der Waals surface area contributed by atoms with Crippen LogP contribution in [0.1, 0.15) is 30.4 Å². The number of benzene rings is 2. The van der Waals surface area contributed by atoms with Crippen LogP contribution in [0, 0.1) is 0 Å². The first-order valence-corrected chi connectivity index (χ1v) is 10.1. The van der Waals surface area contributed by atoms with Gasteiger partial charge in [0, 0.05) is 37.5 Å². The minimum Gasteiger partial charge on any atom is -0.494 e. The van der Waals surface area contributed by atoms with Crippen LogP contribution in [0.25, 0.3) is 5.69 Å². The van der Waals surface area contributed by atoms with E-state index in [1.165, 1.54) is 0 Å². The topological polar surface area (TPSA) is 85.3 Å². The monoisotopic (exact) mass is 404 g/mol. The standard InChI is InChI=1S/C23H24N4O3/c28-22(24-16-18-5-1-2-6-21(18)27-13-4-12-25-27)7-3-14-30-19-9-10-20-17(15-19)8-11-23(29)26-20/h1-2,4-6,9-10,12-13,15H,3,7-8,11,14,16H2,(H,24,28)(H,26,29). The van der Waals surface area contributed by atoms with E-state index in [9.17, 15) is 9.59 Å². The number of carbonyl (C=O) groups excluding carboxylic acids is 2. The molecule has 7 nitrogen and oxygen atoms in total. The summed E-state index contributed by atoms with van der Waals surface area (Å²) in [6, 6.07) is 15.4. The summed E-state index contributed by atoms with van der Waals surface area (Å²) in [5.41, 5.74) is 3.90. The van der Waals surface area contributed by atoms with E-state index in [-0.39, 0.29) is 11.8 Å². The zero-order chi connectivity index (χ0) is 20.8. The Morgan fingerprint density at radius 2 is 2.07 bits per heavy atom. The second-order valence-electron chi connectivity index (χ2n) is 7.18. The van der Waals surface area contributed by atoms with Crippen molar-refractivity contribution in [2.45, 2.75) is 32.2 Å². The molecule has 154 valence electrons. The van der Waals surface area contributed by atoms with Crippen molar-refractivity contribution >= 4 is 17.5 Å². The van der Waals surface area contributed by atoms with Crippen molar-refractivity contribution in [3.05, 3.63) is 72.1 Å². The molecular weight excluding hydrogens is 380 g/mol. The van der Waals surface area contributed by atoms with Gasteiger partial charge >= 0.3 is 0 Å². The fourth-order valence-electron chi connectivity index (χ4n) is 3.45. The lowest BCUT2D eigenvalue weighted by Crippen LogP contribution is -2.23. The van der Waals surface area contributed by atoms with Gasteiger partial charge in [-0.25, -0.2) is 4.68 Å². The summed E-state index contributed by atoms with van der Waals surface area (Å²) < 4.78 is 7.57. The largest absolute Gasteiger partial charge is 0.494 e. The van der Waals surface area contributed by atoms with Gasteiger partial charge in [0.1, 0.15) is 5.75 Å². The Hall–Kier alpha value is -3.61. The minimum absolute atomic E-state index is 0.0120. The van der Waals surface area contributed by atoms with Gasteiger partial charge in [-0.3, -0.25) is 9.59 Å². The molecule has 0 bridgehead atoms. The number of nitrogens with zero attached hydrogens (tertiary/aromatic N) is 2. The van der Waals surface area contributed by atoms with Crippen LogP contribution in [-0.4, -0.2) is 28.2 Å². The highest BCUT2D eigenvalue weighted by Gasteiger charge is 2.15. The number of carbonyl (C=O) groups is 2. The third-order valence-electron chi connectivity index (χ3n) is 5.01. The lowest BCUT2D eigenvalue weighted by molar-refractivity contribution is -0.121. The number of nitrogens with one attached hydrogen (secondary N) is 2. The van der Waals surface area contributed by atoms with E-state index in [0.717, 1.165) is 34.7 Å². The van der Waals surface area contributed by atoms with Gasteiger partial charge in [-0.05, 0) is 54.3 Å². The SMILES string of the molecule is O=C(CCCOc1ccc2c(c1)CCC(=O)N2)NCc1ccccc1-n1cccn1. The van der Waals surface area contributed by atoms with Crippen LogP contribution >= 0.6 is 0 Å². The Bertz CT molecular complexity index is 1030. The molecule has 0 unspecified atom stereocenters. The van der Waals surface area contributed by atoms with Gasteiger partial charge in [-0.15, -0.1) is 0 Å². The third-order valence-corrected chi connectivity index (χ3v) is 5.01. The van der Waals surface area contributed by atoms with Crippen LogP contribution in [-0.2, 0) is 22.6 Å². The van der Waals surface area contributed by atoms with E-state index in [1.807, 2.05) is 54.7 Å². The zero-order valence-electron chi connectivity index (χ0n) is 16.6. The zero-order valence-corrected chi connectivity index (χ0v) is 16.6.